The van der Waals surface area contributed by atoms with Crippen LogP contribution in [0.15, 0.2) is 0 Å². The van der Waals surface area contributed by atoms with Gasteiger partial charge < -0.3 is 10.0 Å². The third-order valence-electron chi connectivity index (χ3n) is 5.04. The first-order valence-corrected chi connectivity index (χ1v) is 8.12. The summed E-state index contributed by atoms with van der Waals surface area (Å²) in [6.07, 6.45) is 10.2. The molecule has 2 fully saturated rings. The Labute approximate surface area is 113 Å². The van der Waals surface area contributed by atoms with Crippen LogP contribution in [0, 0.1) is 11.8 Å². The van der Waals surface area contributed by atoms with E-state index in [1.54, 1.807) is 0 Å². The lowest BCUT2D eigenvalue weighted by Crippen LogP contribution is -2.45. The van der Waals surface area contributed by atoms with Crippen LogP contribution in [-0.2, 0) is 0 Å². The van der Waals surface area contributed by atoms with Crippen LogP contribution in [0.1, 0.15) is 65.2 Å². The average molecular weight is 253 g/mol. The lowest BCUT2D eigenvalue weighted by atomic mass is 9.79. The third-order valence-corrected chi connectivity index (χ3v) is 5.04. The number of rotatable bonds is 4. The standard InChI is InChI=1S/C16H31NO/c1-3-6-15-7-4-5-10-17(15)12-14-11-13(2)8-9-16(14)18/h13-16,18H,3-12H2,1-2H3. The second-order valence-electron chi connectivity index (χ2n) is 6.68. The molecule has 4 atom stereocenters. The van der Waals surface area contributed by atoms with Crippen molar-refractivity contribution < 1.29 is 5.11 Å². The summed E-state index contributed by atoms with van der Waals surface area (Å²) in [5, 5.41) is 10.2. The van der Waals surface area contributed by atoms with E-state index in [1.807, 2.05) is 0 Å². The minimum Gasteiger partial charge on any atom is -0.393 e. The quantitative estimate of drug-likeness (QED) is 0.829. The molecule has 4 unspecified atom stereocenters. The van der Waals surface area contributed by atoms with E-state index in [4.69, 9.17) is 0 Å². The molecule has 1 aliphatic carbocycles. The number of piperidine rings is 1. The van der Waals surface area contributed by atoms with Crippen molar-refractivity contribution in [2.75, 3.05) is 13.1 Å². The van der Waals surface area contributed by atoms with E-state index in [-0.39, 0.29) is 6.10 Å². The van der Waals surface area contributed by atoms with Gasteiger partial charge in [-0.1, -0.05) is 26.7 Å². The van der Waals surface area contributed by atoms with E-state index >= 15 is 0 Å². The van der Waals surface area contributed by atoms with Crippen molar-refractivity contribution >= 4 is 0 Å². The molecule has 0 amide bonds. The Morgan fingerprint density at radius 2 is 2.00 bits per heavy atom. The van der Waals surface area contributed by atoms with E-state index in [9.17, 15) is 5.11 Å². The van der Waals surface area contributed by atoms with Gasteiger partial charge in [-0.15, -0.1) is 0 Å². The Kier molecular flexibility index (Phi) is 5.50. The number of aliphatic hydroxyl groups is 1. The predicted molar refractivity (Wildman–Crippen MR) is 76.6 cm³/mol. The van der Waals surface area contributed by atoms with Gasteiger partial charge in [0.1, 0.15) is 0 Å². The van der Waals surface area contributed by atoms with Crippen molar-refractivity contribution in [2.45, 2.75) is 77.4 Å². The zero-order valence-corrected chi connectivity index (χ0v) is 12.3. The summed E-state index contributed by atoms with van der Waals surface area (Å²) < 4.78 is 0. The maximum atomic E-state index is 10.2. The number of hydrogen-bond acceptors (Lipinski definition) is 2. The smallest absolute Gasteiger partial charge is 0.0580 e. The van der Waals surface area contributed by atoms with Crippen molar-refractivity contribution in [3.8, 4) is 0 Å². The van der Waals surface area contributed by atoms with Gasteiger partial charge in [0.15, 0.2) is 0 Å². The van der Waals surface area contributed by atoms with Crippen LogP contribution in [0.3, 0.4) is 0 Å². The molecule has 0 aromatic heterocycles. The van der Waals surface area contributed by atoms with Crippen molar-refractivity contribution in [3.05, 3.63) is 0 Å². The number of hydrogen-bond donors (Lipinski definition) is 1. The van der Waals surface area contributed by atoms with Gasteiger partial charge in [-0.2, -0.15) is 0 Å². The summed E-state index contributed by atoms with van der Waals surface area (Å²) in [7, 11) is 0. The molecular formula is C16H31NO. The normalized spacial score (nSPS) is 38.8. The van der Waals surface area contributed by atoms with Gasteiger partial charge in [-0.3, -0.25) is 0 Å². The number of aliphatic hydroxyl groups excluding tert-OH is 1. The van der Waals surface area contributed by atoms with Crippen molar-refractivity contribution in [3.63, 3.8) is 0 Å². The predicted octanol–water partition coefficient (Wildman–Crippen LogP) is 3.44. The molecular weight excluding hydrogens is 222 g/mol. The first-order valence-electron chi connectivity index (χ1n) is 8.12. The van der Waals surface area contributed by atoms with Gasteiger partial charge in [0.2, 0.25) is 0 Å². The second-order valence-corrected chi connectivity index (χ2v) is 6.68. The molecule has 2 heteroatoms. The highest BCUT2D eigenvalue weighted by molar-refractivity contribution is 4.84. The lowest BCUT2D eigenvalue weighted by Gasteiger charge is -2.41. The monoisotopic (exact) mass is 253 g/mol. The Hall–Kier alpha value is -0.0800. The van der Waals surface area contributed by atoms with Crippen LogP contribution in [0.2, 0.25) is 0 Å². The van der Waals surface area contributed by atoms with E-state index in [0.717, 1.165) is 24.9 Å². The highest BCUT2D eigenvalue weighted by Gasteiger charge is 2.31. The molecule has 0 bridgehead atoms. The summed E-state index contributed by atoms with van der Waals surface area (Å²) in [6, 6.07) is 0.799. The SMILES string of the molecule is CCCC1CCCCN1CC1CC(C)CCC1O. The van der Waals surface area contributed by atoms with Crippen molar-refractivity contribution in [2.24, 2.45) is 11.8 Å². The molecule has 2 aliphatic rings. The summed E-state index contributed by atoms with van der Waals surface area (Å²) in [5.74, 6) is 1.35. The Balaban J connectivity index is 1.88. The van der Waals surface area contributed by atoms with Gasteiger partial charge in [-0.25, -0.2) is 0 Å². The van der Waals surface area contributed by atoms with Gasteiger partial charge in [-0.05, 0) is 56.9 Å². The molecule has 1 aliphatic heterocycles. The van der Waals surface area contributed by atoms with Gasteiger partial charge in [0, 0.05) is 12.6 Å². The van der Waals surface area contributed by atoms with Gasteiger partial charge in [0.25, 0.3) is 0 Å². The fraction of sp³-hybridized carbons (Fsp3) is 1.00. The molecule has 1 saturated carbocycles. The molecule has 1 N–H and O–H groups in total. The fourth-order valence-electron chi connectivity index (χ4n) is 3.94. The first kappa shape index (κ1) is 14.3. The molecule has 0 radical (unpaired) electrons. The zero-order valence-electron chi connectivity index (χ0n) is 12.3. The molecule has 1 saturated heterocycles. The molecule has 0 spiro atoms. The van der Waals surface area contributed by atoms with Crippen molar-refractivity contribution in [1.82, 2.24) is 4.90 Å². The van der Waals surface area contributed by atoms with Crippen LogP contribution in [0.4, 0.5) is 0 Å². The van der Waals surface area contributed by atoms with E-state index in [2.05, 4.69) is 18.7 Å². The van der Waals surface area contributed by atoms with Gasteiger partial charge in [0.05, 0.1) is 6.10 Å². The van der Waals surface area contributed by atoms with Crippen molar-refractivity contribution in [1.29, 1.82) is 0 Å². The Morgan fingerprint density at radius 1 is 1.17 bits per heavy atom. The van der Waals surface area contributed by atoms with Crippen LogP contribution >= 0.6 is 0 Å². The maximum absolute atomic E-state index is 10.2. The highest BCUT2D eigenvalue weighted by atomic mass is 16.3. The molecule has 106 valence electrons. The Bertz CT molecular complexity index is 241. The number of likely N-dealkylation sites (tertiary alicyclic amines) is 1. The molecule has 0 aromatic carbocycles. The zero-order chi connectivity index (χ0) is 13.0. The molecule has 18 heavy (non-hydrogen) atoms. The number of nitrogens with zero attached hydrogens (tertiary/aromatic N) is 1. The topological polar surface area (TPSA) is 23.5 Å². The average Bonchev–Trinajstić information content (AvgIpc) is 2.36. The maximum Gasteiger partial charge on any atom is 0.0580 e. The largest absolute Gasteiger partial charge is 0.393 e. The highest BCUT2D eigenvalue weighted by Crippen LogP contribution is 2.31. The summed E-state index contributed by atoms with van der Waals surface area (Å²) >= 11 is 0. The minimum atomic E-state index is -0.0367. The summed E-state index contributed by atoms with van der Waals surface area (Å²) in [5.41, 5.74) is 0. The summed E-state index contributed by atoms with van der Waals surface area (Å²) in [4.78, 5) is 2.69. The molecule has 2 nitrogen and oxygen atoms in total. The van der Waals surface area contributed by atoms with Crippen LogP contribution in [-0.4, -0.2) is 35.2 Å². The molecule has 2 rings (SSSR count). The van der Waals surface area contributed by atoms with Gasteiger partial charge >= 0.3 is 0 Å². The van der Waals surface area contributed by atoms with E-state index in [0.29, 0.717) is 5.92 Å². The molecule has 1 heterocycles. The first-order chi connectivity index (χ1) is 8.70. The molecule has 0 aromatic rings. The van der Waals surface area contributed by atoms with Crippen LogP contribution in [0.5, 0.6) is 0 Å². The Morgan fingerprint density at radius 3 is 2.78 bits per heavy atom. The van der Waals surface area contributed by atoms with E-state index < -0.39 is 0 Å². The van der Waals surface area contributed by atoms with Crippen LogP contribution < -0.4 is 0 Å². The minimum absolute atomic E-state index is 0.0367. The summed E-state index contributed by atoms with van der Waals surface area (Å²) in [6.45, 7) is 7.06. The fourth-order valence-corrected chi connectivity index (χ4v) is 3.94. The second kappa shape index (κ2) is 6.91. The van der Waals surface area contributed by atoms with Crippen LogP contribution in [0.25, 0.3) is 0 Å². The van der Waals surface area contributed by atoms with E-state index in [1.165, 1.54) is 51.5 Å². The third kappa shape index (κ3) is 3.71. The lowest BCUT2D eigenvalue weighted by molar-refractivity contribution is 0.0132.